The number of amides is 1. The van der Waals surface area contributed by atoms with Crippen molar-refractivity contribution in [2.24, 2.45) is 0 Å². The molecule has 0 spiro atoms. The summed E-state index contributed by atoms with van der Waals surface area (Å²) >= 11 is 15.6. The molecular weight excluding hydrogens is 461 g/mol. The largest absolute Gasteiger partial charge is 0.329 e. The molecule has 1 amide bonds. The fourth-order valence-electron chi connectivity index (χ4n) is 4.07. The molecule has 0 saturated carbocycles. The summed E-state index contributed by atoms with van der Waals surface area (Å²) in [6, 6.07) is 13.1. The van der Waals surface area contributed by atoms with Crippen molar-refractivity contribution < 1.29 is 9.59 Å². The molecule has 0 aliphatic carbocycles. The quantitative estimate of drug-likeness (QED) is 0.515. The topological polar surface area (TPSA) is 37.4 Å². The molecule has 0 aromatic heterocycles. The van der Waals surface area contributed by atoms with E-state index in [0.717, 1.165) is 22.0 Å². The second-order valence-electron chi connectivity index (χ2n) is 7.21. The number of carbonyl (C=O) groups excluding carboxylic acids is 2. The highest BCUT2D eigenvalue weighted by molar-refractivity contribution is 9.10. The Bertz CT molecular complexity index is 864. The maximum Gasteiger partial charge on any atom is 0.227 e. The molecule has 3 rings (SSSR count). The van der Waals surface area contributed by atoms with E-state index in [1.54, 1.807) is 23.1 Å². The second kappa shape index (κ2) is 8.98. The predicted octanol–water partition coefficient (Wildman–Crippen LogP) is 5.88. The van der Waals surface area contributed by atoms with Crippen LogP contribution in [0.5, 0.6) is 0 Å². The lowest BCUT2D eigenvalue weighted by Gasteiger charge is -2.37. The molecule has 1 heterocycles. The summed E-state index contributed by atoms with van der Waals surface area (Å²) in [6.45, 7) is 2.46. The highest BCUT2D eigenvalue weighted by Crippen LogP contribution is 2.36. The van der Waals surface area contributed by atoms with E-state index in [1.165, 1.54) is 0 Å². The lowest BCUT2D eigenvalue weighted by molar-refractivity contribution is -0.143. The summed E-state index contributed by atoms with van der Waals surface area (Å²) in [5.41, 5.74) is 1.04. The summed E-state index contributed by atoms with van der Waals surface area (Å²) in [7, 11) is 0. The van der Waals surface area contributed by atoms with Crippen LogP contribution < -0.4 is 0 Å². The van der Waals surface area contributed by atoms with Gasteiger partial charge in [-0.05, 0) is 54.3 Å². The molecule has 148 valence electrons. The van der Waals surface area contributed by atoms with Crippen LogP contribution in [0.1, 0.15) is 37.3 Å². The minimum atomic E-state index is -0.776. The van der Waals surface area contributed by atoms with Gasteiger partial charge in [0.2, 0.25) is 5.91 Å². The van der Waals surface area contributed by atoms with E-state index < -0.39 is 5.54 Å². The van der Waals surface area contributed by atoms with Gasteiger partial charge in [0.15, 0.2) is 5.78 Å². The van der Waals surface area contributed by atoms with Gasteiger partial charge in [-0.1, -0.05) is 58.2 Å². The summed E-state index contributed by atoms with van der Waals surface area (Å²) in [5, 5.41) is 1.00. The fraction of sp³-hybridized carbons (Fsp3) is 0.364. The van der Waals surface area contributed by atoms with Gasteiger partial charge in [-0.15, -0.1) is 0 Å². The van der Waals surface area contributed by atoms with Gasteiger partial charge in [0, 0.05) is 33.9 Å². The summed E-state index contributed by atoms with van der Waals surface area (Å²) in [4.78, 5) is 28.0. The molecular formula is C22H22BrCl2NO2. The molecule has 0 bridgehead atoms. The van der Waals surface area contributed by atoms with Gasteiger partial charge in [0.05, 0.1) is 6.42 Å². The maximum atomic E-state index is 13.2. The standard InChI is InChI=1S/C22H22BrCl2NO2/c1-2-20(27)22(14-15-4-6-17(23)7-5-15)8-3-9-26(22)21(28)12-16-10-18(24)13-19(25)11-16/h4-7,10-11,13H,2-3,8-9,12,14H2,1H3. The zero-order valence-electron chi connectivity index (χ0n) is 15.7. The summed E-state index contributed by atoms with van der Waals surface area (Å²) < 4.78 is 0.990. The zero-order chi connectivity index (χ0) is 20.3. The van der Waals surface area contributed by atoms with Crippen LogP contribution in [0.2, 0.25) is 10.0 Å². The highest BCUT2D eigenvalue weighted by Gasteiger charge is 2.48. The number of hydrogen-bond donors (Lipinski definition) is 0. The molecule has 3 nitrogen and oxygen atoms in total. The fourth-order valence-corrected chi connectivity index (χ4v) is 4.90. The highest BCUT2D eigenvalue weighted by atomic mass is 79.9. The van der Waals surface area contributed by atoms with Crippen molar-refractivity contribution in [2.45, 2.75) is 44.6 Å². The third-order valence-electron chi connectivity index (χ3n) is 5.32. The van der Waals surface area contributed by atoms with Crippen LogP contribution in [0, 0.1) is 0 Å². The van der Waals surface area contributed by atoms with Gasteiger partial charge in [-0.2, -0.15) is 0 Å². The number of benzene rings is 2. The normalized spacial score (nSPS) is 19.1. The van der Waals surface area contributed by atoms with E-state index in [0.29, 0.717) is 35.9 Å². The molecule has 28 heavy (non-hydrogen) atoms. The van der Waals surface area contributed by atoms with Crippen molar-refractivity contribution in [1.82, 2.24) is 4.90 Å². The number of Topliss-reactive ketones (excluding diaryl/α,β-unsaturated/α-hetero) is 1. The van der Waals surface area contributed by atoms with Gasteiger partial charge < -0.3 is 4.90 Å². The number of likely N-dealkylation sites (tertiary alicyclic amines) is 1. The number of nitrogens with zero attached hydrogens (tertiary/aromatic N) is 1. The van der Waals surface area contributed by atoms with Gasteiger partial charge in [-0.3, -0.25) is 9.59 Å². The van der Waals surface area contributed by atoms with Gasteiger partial charge in [0.25, 0.3) is 0 Å². The lowest BCUT2D eigenvalue weighted by atomic mass is 9.82. The minimum Gasteiger partial charge on any atom is -0.329 e. The molecule has 1 fully saturated rings. The van der Waals surface area contributed by atoms with Crippen molar-refractivity contribution in [1.29, 1.82) is 0 Å². The van der Waals surface area contributed by atoms with Crippen LogP contribution >= 0.6 is 39.1 Å². The molecule has 0 radical (unpaired) electrons. The Balaban J connectivity index is 1.89. The van der Waals surface area contributed by atoms with E-state index in [2.05, 4.69) is 15.9 Å². The van der Waals surface area contributed by atoms with E-state index in [9.17, 15) is 9.59 Å². The third kappa shape index (κ3) is 4.61. The Kier molecular flexibility index (Phi) is 6.85. The average molecular weight is 483 g/mol. The summed E-state index contributed by atoms with van der Waals surface area (Å²) in [5.74, 6) is 0.0557. The zero-order valence-corrected chi connectivity index (χ0v) is 18.8. The number of ketones is 1. The first kappa shape index (κ1) is 21.4. The Morgan fingerprint density at radius 1 is 1.07 bits per heavy atom. The van der Waals surface area contributed by atoms with Crippen molar-refractivity contribution in [3.05, 3.63) is 68.1 Å². The molecule has 1 aliphatic heterocycles. The van der Waals surface area contributed by atoms with E-state index >= 15 is 0 Å². The van der Waals surface area contributed by atoms with Gasteiger partial charge >= 0.3 is 0 Å². The van der Waals surface area contributed by atoms with Crippen LogP contribution in [0.4, 0.5) is 0 Å². The van der Waals surface area contributed by atoms with Crippen LogP contribution in [0.25, 0.3) is 0 Å². The number of hydrogen-bond acceptors (Lipinski definition) is 2. The van der Waals surface area contributed by atoms with Crippen molar-refractivity contribution in [3.63, 3.8) is 0 Å². The monoisotopic (exact) mass is 481 g/mol. The molecule has 2 aromatic carbocycles. The first-order chi connectivity index (χ1) is 13.3. The molecule has 1 saturated heterocycles. The van der Waals surface area contributed by atoms with E-state index in [1.807, 2.05) is 31.2 Å². The Morgan fingerprint density at radius 3 is 2.32 bits per heavy atom. The van der Waals surface area contributed by atoms with Crippen molar-refractivity contribution >= 4 is 50.8 Å². The van der Waals surface area contributed by atoms with Gasteiger partial charge in [0.1, 0.15) is 5.54 Å². The molecule has 1 atom stereocenters. The van der Waals surface area contributed by atoms with Crippen LogP contribution in [-0.2, 0) is 22.4 Å². The number of carbonyl (C=O) groups is 2. The molecule has 1 aliphatic rings. The third-order valence-corrected chi connectivity index (χ3v) is 6.28. The first-order valence-corrected chi connectivity index (χ1v) is 10.9. The Labute approximate surface area is 184 Å². The summed E-state index contributed by atoms with van der Waals surface area (Å²) in [6.07, 6.45) is 2.64. The first-order valence-electron chi connectivity index (χ1n) is 9.37. The van der Waals surface area contributed by atoms with E-state index in [4.69, 9.17) is 23.2 Å². The number of rotatable bonds is 6. The predicted molar refractivity (Wildman–Crippen MR) is 117 cm³/mol. The van der Waals surface area contributed by atoms with E-state index in [-0.39, 0.29) is 18.1 Å². The SMILES string of the molecule is CCC(=O)C1(Cc2ccc(Br)cc2)CCCN1C(=O)Cc1cc(Cl)cc(Cl)c1. The Morgan fingerprint density at radius 2 is 1.71 bits per heavy atom. The Hall–Kier alpha value is -1.36. The van der Waals surface area contributed by atoms with Crippen LogP contribution in [0.3, 0.4) is 0 Å². The minimum absolute atomic E-state index is 0.0604. The molecule has 1 unspecified atom stereocenters. The molecule has 0 N–H and O–H groups in total. The van der Waals surface area contributed by atoms with Gasteiger partial charge in [-0.25, -0.2) is 0 Å². The molecule has 2 aromatic rings. The van der Waals surface area contributed by atoms with Crippen molar-refractivity contribution in [2.75, 3.05) is 6.54 Å². The number of halogens is 3. The average Bonchev–Trinajstić information content (AvgIpc) is 3.07. The van der Waals surface area contributed by atoms with Crippen molar-refractivity contribution in [3.8, 4) is 0 Å². The van der Waals surface area contributed by atoms with Crippen LogP contribution in [0.15, 0.2) is 46.9 Å². The van der Waals surface area contributed by atoms with Crippen LogP contribution in [-0.4, -0.2) is 28.7 Å². The lowest BCUT2D eigenvalue weighted by Crippen LogP contribution is -2.54. The smallest absolute Gasteiger partial charge is 0.227 e. The second-order valence-corrected chi connectivity index (χ2v) is 9.00. The molecule has 6 heteroatoms. The maximum absolute atomic E-state index is 13.2.